The molecule has 0 aliphatic rings. The van der Waals surface area contributed by atoms with Crippen LogP contribution in [0, 0.1) is 0 Å². The van der Waals surface area contributed by atoms with Crippen molar-refractivity contribution in [1.82, 2.24) is 14.7 Å². The van der Waals surface area contributed by atoms with Crippen molar-refractivity contribution in [2.75, 3.05) is 6.54 Å². The van der Waals surface area contributed by atoms with Crippen LogP contribution in [-0.4, -0.2) is 24.9 Å². The van der Waals surface area contributed by atoms with Gasteiger partial charge in [0, 0.05) is 29.3 Å². The molecule has 0 aliphatic carbocycles. The maximum absolute atomic E-state index is 12.2. The third-order valence-corrected chi connectivity index (χ3v) is 5.02. The molecule has 1 aromatic carbocycles. The topological polar surface area (TPSA) is 74.8 Å². The minimum absolute atomic E-state index is 0.167. The van der Waals surface area contributed by atoms with Crippen LogP contribution < -0.4 is 4.72 Å². The molecule has 0 saturated heterocycles. The number of nitrogens with one attached hydrogen (secondary N) is 2. The predicted octanol–water partition coefficient (Wildman–Crippen LogP) is 2.74. The lowest BCUT2D eigenvalue weighted by Crippen LogP contribution is -2.25. The maximum atomic E-state index is 12.2. The Morgan fingerprint density at radius 3 is 2.91 bits per heavy atom. The van der Waals surface area contributed by atoms with E-state index in [-0.39, 0.29) is 4.90 Å². The normalized spacial score (nSPS) is 11.9. The molecule has 0 bridgehead atoms. The zero-order valence-corrected chi connectivity index (χ0v) is 13.2. The molecule has 0 radical (unpaired) electrons. The number of aromatic amines is 1. The molecule has 0 amide bonds. The molecule has 22 heavy (non-hydrogen) atoms. The number of H-pyrrole nitrogens is 1. The van der Waals surface area contributed by atoms with Crippen LogP contribution in [0.5, 0.6) is 0 Å². The fourth-order valence-electron chi connectivity index (χ4n) is 2.26. The first-order chi connectivity index (χ1) is 10.6. The van der Waals surface area contributed by atoms with E-state index in [2.05, 4.69) is 14.7 Å². The highest BCUT2D eigenvalue weighted by molar-refractivity contribution is 7.89. The van der Waals surface area contributed by atoms with Crippen LogP contribution >= 0.6 is 11.6 Å². The van der Waals surface area contributed by atoms with Crippen molar-refractivity contribution in [3.63, 3.8) is 0 Å². The second kappa shape index (κ2) is 6.08. The summed E-state index contributed by atoms with van der Waals surface area (Å²) >= 11 is 5.83. The maximum Gasteiger partial charge on any atom is 0.240 e. The van der Waals surface area contributed by atoms with Crippen molar-refractivity contribution in [2.45, 2.75) is 11.3 Å². The van der Waals surface area contributed by atoms with Gasteiger partial charge in [0.2, 0.25) is 10.0 Å². The average Bonchev–Trinajstić information content (AvgIpc) is 2.91. The van der Waals surface area contributed by atoms with Crippen LogP contribution in [0.1, 0.15) is 5.56 Å². The van der Waals surface area contributed by atoms with E-state index < -0.39 is 10.0 Å². The lowest BCUT2D eigenvalue weighted by molar-refractivity contribution is 0.581. The Balaban J connectivity index is 1.70. The van der Waals surface area contributed by atoms with Gasteiger partial charge in [-0.25, -0.2) is 18.1 Å². The summed E-state index contributed by atoms with van der Waals surface area (Å²) in [6, 6.07) is 10.0. The quantitative estimate of drug-likeness (QED) is 0.752. The number of fused-ring (bicyclic) bond motifs is 1. The minimum Gasteiger partial charge on any atom is -0.346 e. The van der Waals surface area contributed by atoms with E-state index in [9.17, 15) is 8.42 Å². The molecule has 7 heteroatoms. The standard InChI is InChI=1S/C15H14ClN3O2S/c16-12-3-1-4-13(9-12)22(20,21)19-8-6-11-10-18-15-14(11)5-2-7-17-15/h1-5,7,9-10,19H,6,8H2,(H,17,18). The summed E-state index contributed by atoms with van der Waals surface area (Å²) in [7, 11) is -3.55. The van der Waals surface area contributed by atoms with Crippen LogP contribution in [0.2, 0.25) is 5.02 Å². The molecule has 0 aliphatic heterocycles. The molecule has 2 heterocycles. The number of hydrogen-bond donors (Lipinski definition) is 2. The summed E-state index contributed by atoms with van der Waals surface area (Å²) in [5.41, 5.74) is 1.83. The third-order valence-electron chi connectivity index (χ3n) is 3.33. The van der Waals surface area contributed by atoms with Gasteiger partial charge < -0.3 is 4.98 Å². The summed E-state index contributed by atoms with van der Waals surface area (Å²) in [6.45, 7) is 0.302. The predicted molar refractivity (Wildman–Crippen MR) is 86.4 cm³/mol. The zero-order chi connectivity index (χ0) is 15.6. The van der Waals surface area contributed by atoms with Crippen LogP contribution in [0.15, 0.2) is 53.7 Å². The average molecular weight is 336 g/mol. The van der Waals surface area contributed by atoms with Crippen LogP contribution in [-0.2, 0) is 16.4 Å². The third kappa shape index (κ3) is 3.14. The first-order valence-electron chi connectivity index (χ1n) is 6.72. The smallest absolute Gasteiger partial charge is 0.240 e. The number of halogens is 1. The van der Waals surface area contributed by atoms with E-state index >= 15 is 0 Å². The number of aromatic nitrogens is 2. The lowest BCUT2D eigenvalue weighted by Gasteiger charge is -2.06. The van der Waals surface area contributed by atoms with Gasteiger partial charge in [-0.2, -0.15) is 0 Å². The summed E-state index contributed by atoms with van der Waals surface area (Å²) in [4.78, 5) is 7.44. The molecule has 0 atom stereocenters. The Bertz CT molecular complexity index is 906. The monoisotopic (exact) mass is 335 g/mol. The molecule has 0 saturated carbocycles. The van der Waals surface area contributed by atoms with Gasteiger partial charge in [-0.3, -0.25) is 0 Å². The van der Waals surface area contributed by atoms with E-state index in [1.54, 1.807) is 18.3 Å². The highest BCUT2D eigenvalue weighted by Crippen LogP contribution is 2.17. The SMILES string of the molecule is O=S(=O)(NCCc1c[nH]c2ncccc12)c1cccc(Cl)c1. The van der Waals surface area contributed by atoms with Crippen molar-refractivity contribution in [3.05, 3.63) is 59.4 Å². The van der Waals surface area contributed by atoms with E-state index in [1.165, 1.54) is 12.1 Å². The first-order valence-corrected chi connectivity index (χ1v) is 8.58. The van der Waals surface area contributed by atoms with Gasteiger partial charge >= 0.3 is 0 Å². The summed E-state index contributed by atoms with van der Waals surface area (Å²) in [5.74, 6) is 0. The van der Waals surface area contributed by atoms with Crippen LogP contribution in [0.25, 0.3) is 11.0 Å². The van der Waals surface area contributed by atoms with Crippen molar-refractivity contribution < 1.29 is 8.42 Å². The van der Waals surface area contributed by atoms with Gasteiger partial charge in [-0.1, -0.05) is 17.7 Å². The number of nitrogens with zero attached hydrogens (tertiary/aromatic N) is 1. The molecular weight excluding hydrogens is 322 g/mol. The molecular formula is C15H14ClN3O2S. The fraction of sp³-hybridized carbons (Fsp3) is 0.133. The van der Waals surface area contributed by atoms with Gasteiger partial charge in [0.1, 0.15) is 5.65 Å². The lowest BCUT2D eigenvalue weighted by atomic mass is 10.2. The fourth-order valence-corrected chi connectivity index (χ4v) is 3.59. The summed E-state index contributed by atoms with van der Waals surface area (Å²) < 4.78 is 27.0. The van der Waals surface area contributed by atoms with Gasteiger partial charge in [0.05, 0.1) is 4.90 Å². The molecule has 114 valence electrons. The Labute approximate surface area is 133 Å². The summed E-state index contributed by atoms with van der Waals surface area (Å²) in [5, 5.41) is 1.40. The number of hydrogen-bond acceptors (Lipinski definition) is 3. The van der Waals surface area contributed by atoms with Crippen molar-refractivity contribution in [3.8, 4) is 0 Å². The molecule has 5 nitrogen and oxygen atoms in total. The molecule has 2 aromatic heterocycles. The van der Waals surface area contributed by atoms with Crippen molar-refractivity contribution >= 4 is 32.7 Å². The summed E-state index contributed by atoms with van der Waals surface area (Å²) in [6.07, 6.45) is 4.14. The Morgan fingerprint density at radius 2 is 2.09 bits per heavy atom. The highest BCUT2D eigenvalue weighted by Gasteiger charge is 2.14. The molecule has 0 spiro atoms. The van der Waals surface area contributed by atoms with Gasteiger partial charge in [0.15, 0.2) is 0 Å². The second-order valence-corrected chi connectivity index (χ2v) is 7.02. The Morgan fingerprint density at radius 1 is 1.23 bits per heavy atom. The van der Waals surface area contributed by atoms with E-state index in [0.717, 1.165) is 16.6 Å². The number of benzene rings is 1. The van der Waals surface area contributed by atoms with Crippen LogP contribution in [0.3, 0.4) is 0 Å². The number of sulfonamides is 1. The number of pyridine rings is 1. The van der Waals surface area contributed by atoms with Crippen molar-refractivity contribution in [2.24, 2.45) is 0 Å². The Kier molecular flexibility index (Phi) is 4.15. The minimum atomic E-state index is -3.55. The molecule has 3 rings (SSSR count). The molecule has 2 N–H and O–H groups in total. The highest BCUT2D eigenvalue weighted by atomic mass is 35.5. The van der Waals surface area contributed by atoms with Crippen LogP contribution in [0.4, 0.5) is 0 Å². The largest absolute Gasteiger partial charge is 0.346 e. The van der Waals surface area contributed by atoms with Gasteiger partial charge in [0.25, 0.3) is 0 Å². The van der Waals surface area contributed by atoms with Crippen molar-refractivity contribution in [1.29, 1.82) is 0 Å². The van der Waals surface area contributed by atoms with E-state index in [1.807, 2.05) is 18.3 Å². The molecule has 0 fully saturated rings. The zero-order valence-electron chi connectivity index (χ0n) is 11.6. The number of rotatable bonds is 5. The van der Waals surface area contributed by atoms with E-state index in [4.69, 9.17) is 11.6 Å². The van der Waals surface area contributed by atoms with Gasteiger partial charge in [-0.05, 0) is 42.3 Å². The second-order valence-electron chi connectivity index (χ2n) is 4.82. The van der Waals surface area contributed by atoms with Gasteiger partial charge in [-0.15, -0.1) is 0 Å². The Hall–Kier alpha value is -1.89. The molecule has 0 unspecified atom stereocenters. The van der Waals surface area contributed by atoms with E-state index in [0.29, 0.717) is 18.0 Å². The first kappa shape index (κ1) is 15.0. The molecule has 3 aromatic rings.